The van der Waals surface area contributed by atoms with Crippen molar-refractivity contribution in [2.45, 2.75) is 26.7 Å². The maximum Gasteiger partial charge on any atom is 0.320 e. The van der Waals surface area contributed by atoms with E-state index in [-0.39, 0.29) is 12.4 Å². The van der Waals surface area contributed by atoms with E-state index in [9.17, 15) is 4.79 Å². The minimum absolute atomic E-state index is 0.110. The Morgan fingerprint density at radius 1 is 1.06 bits per heavy atom. The lowest BCUT2D eigenvalue weighted by molar-refractivity contribution is -0.136. The third-order valence-electron chi connectivity index (χ3n) is 5.95. The van der Waals surface area contributed by atoms with Gasteiger partial charge in [0.1, 0.15) is 11.6 Å². The number of aromatic amines is 1. The number of benzene rings is 3. The Morgan fingerprint density at radius 3 is 2.50 bits per heavy atom. The molecule has 0 aliphatic carbocycles. The van der Waals surface area contributed by atoms with Crippen LogP contribution in [0, 0.1) is 13.8 Å². The minimum Gasteiger partial charge on any atom is -0.497 e. The van der Waals surface area contributed by atoms with Crippen LogP contribution in [-0.2, 0) is 11.2 Å². The fourth-order valence-electron chi connectivity index (χ4n) is 4.27. The molecule has 0 saturated carbocycles. The van der Waals surface area contributed by atoms with Crippen LogP contribution in [-0.4, -0.2) is 38.4 Å². The molecule has 0 radical (unpaired) electrons. The molecule has 0 amide bonds. The number of anilines is 2. The van der Waals surface area contributed by atoms with E-state index in [2.05, 4.69) is 20.5 Å². The fraction of sp³-hybridized carbons (Fsp3) is 0.185. The van der Waals surface area contributed by atoms with Gasteiger partial charge >= 0.3 is 12.0 Å². The van der Waals surface area contributed by atoms with Gasteiger partial charge in [-0.2, -0.15) is 0 Å². The van der Waals surface area contributed by atoms with E-state index in [0.717, 1.165) is 56.1 Å². The topological polar surface area (TPSA) is 126 Å². The first-order chi connectivity index (χ1) is 17.4. The van der Waals surface area contributed by atoms with Crippen LogP contribution in [0.4, 0.5) is 11.7 Å². The average Bonchev–Trinajstić information content (AvgIpc) is 3.49. The van der Waals surface area contributed by atoms with Gasteiger partial charge in [0.25, 0.3) is 0 Å². The molecule has 5 rings (SSSR count). The number of fused-ring (bicyclic) bond motifs is 1. The minimum atomic E-state index is -0.799. The molecule has 0 aliphatic rings. The Bertz CT molecular complexity index is 1530. The molecule has 0 unspecified atom stereocenters. The molecule has 0 bridgehead atoms. The summed E-state index contributed by atoms with van der Waals surface area (Å²) in [6.07, 6.45) is 0.610. The molecule has 9 nitrogen and oxygen atoms in total. The summed E-state index contributed by atoms with van der Waals surface area (Å²) in [5.41, 5.74) is 7.34. The van der Waals surface area contributed by atoms with Gasteiger partial charge in [-0.25, -0.2) is 4.98 Å². The van der Waals surface area contributed by atoms with Crippen LogP contribution in [0.5, 0.6) is 5.75 Å². The third-order valence-corrected chi connectivity index (χ3v) is 5.95. The van der Waals surface area contributed by atoms with Crippen LogP contribution in [0.25, 0.3) is 33.9 Å². The second kappa shape index (κ2) is 9.53. The summed E-state index contributed by atoms with van der Waals surface area (Å²) in [5.74, 6) is 1.11. The summed E-state index contributed by atoms with van der Waals surface area (Å²) in [5, 5.41) is 20.3. The number of aromatic nitrogens is 4. The van der Waals surface area contributed by atoms with Crippen molar-refractivity contribution in [2.24, 2.45) is 0 Å². The Hall–Kier alpha value is -4.66. The molecular weight excluding hydrogens is 458 g/mol. The number of methoxy groups -OCH3 is 1. The lowest BCUT2D eigenvalue weighted by Gasteiger charge is -2.10. The number of carbonyl (C=O) groups is 1. The average molecular weight is 484 g/mol. The molecule has 36 heavy (non-hydrogen) atoms. The third kappa shape index (κ3) is 4.76. The zero-order valence-corrected chi connectivity index (χ0v) is 20.1. The van der Waals surface area contributed by atoms with Crippen LogP contribution in [0.3, 0.4) is 0 Å². The van der Waals surface area contributed by atoms with Crippen molar-refractivity contribution in [3.63, 3.8) is 0 Å². The van der Waals surface area contributed by atoms with Crippen LogP contribution in [0.15, 0.2) is 59.0 Å². The van der Waals surface area contributed by atoms with E-state index in [1.807, 2.05) is 68.4 Å². The van der Waals surface area contributed by atoms with Crippen LogP contribution in [0.1, 0.15) is 23.1 Å². The quantitative estimate of drug-likeness (QED) is 0.258. The summed E-state index contributed by atoms with van der Waals surface area (Å²) >= 11 is 0. The van der Waals surface area contributed by atoms with Crippen molar-refractivity contribution in [1.82, 2.24) is 20.2 Å². The number of carboxylic acids is 1. The molecule has 182 valence electrons. The summed E-state index contributed by atoms with van der Waals surface area (Å²) in [7, 11) is 1.62. The van der Waals surface area contributed by atoms with E-state index in [1.165, 1.54) is 0 Å². The number of H-pyrrole nitrogens is 1. The van der Waals surface area contributed by atoms with E-state index >= 15 is 0 Å². The lowest BCUT2D eigenvalue weighted by Crippen LogP contribution is -1.99. The highest BCUT2D eigenvalue weighted by molar-refractivity contribution is 5.84. The van der Waals surface area contributed by atoms with Crippen molar-refractivity contribution < 1.29 is 19.1 Å². The number of carboxylic acid groups (broad SMARTS) is 1. The molecule has 0 aliphatic heterocycles. The number of hydrogen-bond acceptors (Lipinski definition) is 7. The first-order valence-electron chi connectivity index (χ1n) is 11.5. The summed E-state index contributed by atoms with van der Waals surface area (Å²) in [6, 6.07) is 17.5. The van der Waals surface area contributed by atoms with Crippen LogP contribution >= 0.6 is 0 Å². The molecule has 3 aromatic carbocycles. The van der Waals surface area contributed by atoms with Crippen LogP contribution < -0.4 is 10.1 Å². The van der Waals surface area contributed by atoms with Crippen molar-refractivity contribution in [3.05, 3.63) is 71.3 Å². The number of hydrogen-bond donors (Lipinski definition) is 3. The molecule has 0 saturated heterocycles. The molecule has 0 fully saturated rings. The number of imidazole rings is 1. The monoisotopic (exact) mass is 483 g/mol. The van der Waals surface area contributed by atoms with Gasteiger partial charge in [0.15, 0.2) is 0 Å². The van der Waals surface area contributed by atoms with Crippen molar-refractivity contribution >= 4 is 28.7 Å². The Morgan fingerprint density at radius 2 is 1.81 bits per heavy atom. The molecule has 0 atom stereocenters. The van der Waals surface area contributed by atoms with Gasteiger partial charge in [-0.3, -0.25) is 4.79 Å². The van der Waals surface area contributed by atoms with Gasteiger partial charge in [-0.05, 0) is 79.4 Å². The lowest BCUT2D eigenvalue weighted by atomic mass is 9.97. The Balaban J connectivity index is 1.39. The van der Waals surface area contributed by atoms with Gasteiger partial charge < -0.3 is 24.6 Å². The molecule has 2 aromatic heterocycles. The summed E-state index contributed by atoms with van der Waals surface area (Å²) in [4.78, 5) is 19.1. The first-order valence-corrected chi connectivity index (χ1v) is 11.5. The summed E-state index contributed by atoms with van der Waals surface area (Å²) < 4.78 is 11.0. The number of nitrogens with one attached hydrogen (secondary N) is 2. The number of aryl methyl sites for hydroxylation is 3. The summed E-state index contributed by atoms with van der Waals surface area (Å²) in [6.45, 7) is 4.03. The molecule has 9 heteroatoms. The van der Waals surface area contributed by atoms with Gasteiger partial charge in [-0.1, -0.05) is 17.2 Å². The molecule has 3 N–H and O–H groups in total. The van der Waals surface area contributed by atoms with E-state index in [1.54, 1.807) is 7.11 Å². The second-order valence-corrected chi connectivity index (χ2v) is 8.58. The molecule has 2 heterocycles. The van der Waals surface area contributed by atoms with Gasteiger partial charge in [0, 0.05) is 23.2 Å². The fourth-order valence-corrected chi connectivity index (χ4v) is 4.27. The highest BCUT2D eigenvalue weighted by Crippen LogP contribution is 2.31. The van der Waals surface area contributed by atoms with Crippen molar-refractivity contribution in [1.29, 1.82) is 0 Å². The number of ether oxygens (including phenoxy) is 1. The first kappa shape index (κ1) is 23.1. The predicted molar refractivity (Wildman–Crippen MR) is 137 cm³/mol. The maximum atomic E-state index is 10.9. The highest BCUT2D eigenvalue weighted by atomic mass is 16.5. The predicted octanol–water partition coefficient (Wildman–Crippen LogP) is 5.67. The normalized spacial score (nSPS) is 11.1. The standard InChI is InChI=1S/C27H25N5O4/c1-15-12-17(4-11-23(33)34)13-16(2)24(15)25-29-21-10-5-18(14-22(21)30-25)26-31-32-27(36-26)28-19-6-8-20(35-3)9-7-19/h5-10,12-14H,4,11H2,1-3H3,(H,28,32)(H,29,30)(H,33,34). The SMILES string of the molecule is COc1ccc(Nc2nnc(-c3ccc4nc(-c5c(C)cc(CCC(=O)O)cc5C)[nH]c4c3)o2)cc1. The molecule has 5 aromatic rings. The zero-order chi connectivity index (χ0) is 25.2. The zero-order valence-electron chi connectivity index (χ0n) is 20.1. The van der Waals surface area contributed by atoms with E-state index in [0.29, 0.717) is 12.3 Å². The Labute approximate surface area is 207 Å². The van der Waals surface area contributed by atoms with Gasteiger partial charge in [0.05, 0.1) is 18.1 Å². The van der Waals surface area contributed by atoms with Crippen molar-refractivity contribution in [2.75, 3.05) is 12.4 Å². The van der Waals surface area contributed by atoms with Gasteiger partial charge in [0.2, 0.25) is 5.89 Å². The Kier molecular flexibility index (Phi) is 6.12. The smallest absolute Gasteiger partial charge is 0.320 e. The van der Waals surface area contributed by atoms with E-state index in [4.69, 9.17) is 19.2 Å². The maximum absolute atomic E-state index is 10.9. The molecule has 0 spiro atoms. The number of aliphatic carboxylic acids is 1. The number of nitrogens with zero attached hydrogens (tertiary/aromatic N) is 3. The second-order valence-electron chi connectivity index (χ2n) is 8.58. The van der Waals surface area contributed by atoms with Crippen molar-refractivity contribution in [3.8, 4) is 28.6 Å². The van der Waals surface area contributed by atoms with E-state index < -0.39 is 5.97 Å². The van der Waals surface area contributed by atoms with Gasteiger partial charge in [-0.15, -0.1) is 5.10 Å². The van der Waals surface area contributed by atoms with Crippen LogP contribution in [0.2, 0.25) is 0 Å². The highest BCUT2D eigenvalue weighted by Gasteiger charge is 2.15. The largest absolute Gasteiger partial charge is 0.497 e. The number of rotatable bonds is 8. The molecular formula is C27H25N5O4.